The van der Waals surface area contributed by atoms with Gasteiger partial charge in [-0.3, -0.25) is 4.98 Å². The van der Waals surface area contributed by atoms with Crippen LogP contribution in [0.15, 0.2) is 48.8 Å². The molecular weight excluding hydrogens is 288 g/mol. The van der Waals surface area contributed by atoms with Gasteiger partial charge in [-0.2, -0.15) is 0 Å². The van der Waals surface area contributed by atoms with Gasteiger partial charge in [-0.15, -0.1) is 0 Å². The molecule has 0 unspecified atom stereocenters. The number of halogens is 1. The molecule has 0 amide bonds. The van der Waals surface area contributed by atoms with Crippen molar-refractivity contribution in [2.45, 2.75) is 11.8 Å². The minimum Gasteiger partial charge on any atom is -0.374 e. The molecule has 0 saturated heterocycles. The first-order valence-electron chi connectivity index (χ1n) is 6.05. The lowest BCUT2D eigenvalue weighted by atomic mass is 10.1. The lowest BCUT2D eigenvalue weighted by Gasteiger charge is -2.21. The Hall–Kier alpha value is -1.35. The van der Waals surface area contributed by atoms with E-state index >= 15 is 0 Å². The summed E-state index contributed by atoms with van der Waals surface area (Å²) in [5.74, 6) is 0. The van der Waals surface area contributed by atoms with Gasteiger partial charge in [0.15, 0.2) is 0 Å². The largest absolute Gasteiger partial charge is 0.374 e. The van der Waals surface area contributed by atoms with E-state index in [0.717, 1.165) is 18.3 Å². The number of benzene rings is 1. The minimum absolute atomic E-state index is 0.892. The molecular formula is C15H17BrN2. The average molecular weight is 305 g/mol. The molecule has 94 valence electrons. The van der Waals surface area contributed by atoms with Crippen molar-refractivity contribution in [1.29, 1.82) is 0 Å². The topological polar surface area (TPSA) is 16.1 Å². The van der Waals surface area contributed by atoms with Crippen LogP contribution in [0, 0.1) is 0 Å². The van der Waals surface area contributed by atoms with Crippen LogP contribution in [-0.4, -0.2) is 18.6 Å². The minimum atomic E-state index is 0.892. The highest BCUT2D eigenvalue weighted by Gasteiger charge is 2.05. The van der Waals surface area contributed by atoms with Gasteiger partial charge in [0, 0.05) is 37.0 Å². The number of nitrogens with zero attached hydrogens (tertiary/aromatic N) is 2. The summed E-state index contributed by atoms with van der Waals surface area (Å²) in [5, 5.41) is 0.892. The van der Waals surface area contributed by atoms with Crippen LogP contribution in [0.25, 0.3) is 0 Å². The van der Waals surface area contributed by atoms with Crippen LogP contribution < -0.4 is 4.90 Å². The second-order valence-corrected chi connectivity index (χ2v) is 4.85. The zero-order valence-corrected chi connectivity index (χ0v) is 12.1. The predicted molar refractivity (Wildman–Crippen MR) is 80.3 cm³/mol. The normalized spacial score (nSPS) is 10.3. The van der Waals surface area contributed by atoms with Crippen molar-refractivity contribution in [3.63, 3.8) is 0 Å². The Morgan fingerprint density at radius 3 is 2.56 bits per heavy atom. The van der Waals surface area contributed by atoms with Gasteiger partial charge in [0.1, 0.15) is 0 Å². The molecule has 0 aliphatic heterocycles. The highest BCUT2D eigenvalue weighted by Crippen LogP contribution is 2.21. The Labute approximate surface area is 117 Å². The molecule has 0 radical (unpaired) electrons. The maximum Gasteiger partial charge on any atom is 0.0404 e. The van der Waals surface area contributed by atoms with E-state index in [1.165, 1.54) is 16.8 Å². The Morgan fingerprint density at radius 2 is 1.83 bits per heavy atom. The number of hydrogen-bond donors (Lipinski definition) is 0. The van der Waals surface area contributed by atoms with E-state index in [1.54, 1.807) is 0 Å². The van der Waals surface area contributed by atoms with Crippen LogP contribution >= 0.6 is 15.9 Å². The molecule has 18 heavy (non-hydrogen) atoms. The third-order valence-corrected chi connectivity index (χ3v) is 3.64. The summed E-state index contributed by atoms with van der Waals surface area (Å²) >= 11 is 3.54. The lowest BCUT2D eigenvalue weighted by molar-refractivity contribution is 0.871. The van der Waals surface area contributed by atoms with E-state index in [9.17, 15) is 0 Å². The van der Waals surface area contributed by atoms with Crippen molar-refractivity contribution in [2.24, 2.45) is 0 Å². The quantitative estimate of drug-likeness (QED) is 0.784. The molecule has 0 N–H and O–H groups in total. The van der Waals surface area contributed by atoms with Crippen molar-refractivity contribution < 1.29 is 0 Å². The highest BCUT2D eigenvalue weighted by atomic mass is 79.9. The summed E-state index contributed by atoms with van der Waals surface area (Å²) in [4.78, 5) is 6.34. The molecule has 2 aromatic rings. The average Bonchev–Trinajstić information content (AvgIpc) is 2.45. The van der Waals surface area contributed by atoms with Gasteiger partial charge in [-0.1, -0.05) is 34.1 Å². The third kappa shape index (κ3) is 3.33. The van der Waals surface area contributed by atoms with E-state index in [2.05, 4.69) is 69.3 Å². The Morgan fingerprint density at radius 1 is 1.11 bits per heavy atom. The van der Waals surface area contributed by atoms with Gasteiger partial charge in [-0.25, -0.2) is 0 Å². The molecule has 1 aromatic heterocycles. The Kier molecular flexibility index (Phi) is 4.76. The SMILES string of the molecule is CN(CCc1ccncc1)c1ccccc1CBr. The maximum absolute atomic E-state index is 4.04. The number of pyridine rings is 1. The fourth-order valence-electron chi connectivity index (χ4n) is 1.96. The zero-order valence-electron chi connectivity index (χ0n) is 10.5. The molecule has 0 fully saturated rings. The first-order valence-corrected chi connectivity index (χ1v) is 7.17. The zero-order chi connectivity index (χ0) is 12.8. The second kappa shape index (κ2) is 6.55. The van der Waals surface area contributed by atoms with Crippen LogP contribution in [0.3, 0.4) is 0 Å². The standard InChI is InChI=1S/C15H17BrN2/c1-18(11-8-13-6-9-17-10-7-13)15-5-3-2-4-14(15)12-16/h2-7,9-10H,8,11-12H2,1H3. The van der Waals surface area contributed by atoms with E-state index in [1.807, 2.05) is 12.4 Å². The van der Waals surface area contributed by atoms with Crippen molar-refractivity contribution in [2.75, 3.05) is 18.5 Å². The molecule has 1 aromatic carbocycles. The molecule has 3 heteroatoms. The molecule has 0 saturated carbocycles. The Bertz CT molecular complexity index is 485. The molecule has 0 spiro atoms. The number of alkyl halides is 1. The number of anilines is 1. The fourth-order valence-corrected chi connectivity index (χ4v) is 2.44. The second-order valence-electron chi connectivity index (χ2n) is 4.29. The number of aromatic nitrogens is 1. The molecule has 2 nitrogen and oxygen atoms in total. The van der Waals surface area contributed by atoms with Gasteiger partial charge < -0.3 is 4.90 Å². The van der Waals surface area contributed by atoms with Crippen molar-refractivity contribution >= 4 is 21.6 Å². The molecule has 0 atom stereocenters. The van der Waals surface area contributed by atoms with Gasteiger partial charge in [-0.05, 0) is 35.7 Å². The number of hydrogen-bond acceptors (Lipinski definition) is 2. The number of para-hydroxylation sites is 1. The van der Waals surface area contributed by atoms with Crippen LogP contribution in [0.2, 0.25) is 0 Å². The molecule has 0 aliphatic carbocycles. The summed E-state index contributed by atoms with van der Waals surface area (Å²) in [6, 6.07) is 12.6. The fraction of sp³-hybridized carbons (Fsp3) is 0.267. The first kappa shape index (κ1) is 13.1. The van der Waals surface area contributed by atoms with E-state index in [-0.39, 0.29) is 0 Å². The van der Waals surface area contributed by atoms with Crippen LogP contribution in [0.4, 0.5) is 5.69 Å². The molecule has 2 rings (SSSR count). The highest BCUT2D eigenvalue weighted by molar-refractivity contribution is 9.08. The van der Waals surface area contributed by atoms with Crippen molar-refractivity contribution in [1.82, 2.24) is 4.98 Å². The van der Waals surface area contributed by atoms with E-state index in [4.69, 9.17) is 0 Å². The number of likely N-dealkylation sites (N-methyl/N-ethyl adjacent to an activating group) is 1. The third-order valence-electron chi connectivity index (χ3n) is 3.03. The molecule has 0 aliphatic rings. The van der Waals surface area contributed by atoms with Crippen LogP contribution in [-0.2, 0) is 11.8 Å². The van der Waals surface area contributed by atoms with Crippen LogP contribution in [0.1, 0.15) is 11.1 Å². The van der Waals surface area contributed by atoms with Crippen molar-refractivity contribution in [3.8, 4) is 0 Å². The molecule has 1 heterocycles. The summed E-state index contributed by atoms with van der Waals surface area (Å²) in [7, 11) is 2.14. The van der Waals surface area contributed by atoms with E-state index in [0.29, 0.717) is 0 Å². The van der Waals surface area contributed by atoms with Gasteiger partial charge in [0.2, 0.25) is 0 Å². The van der Waals surface area contributed by atoms with Gasteiger partial charge >= 0.3 is 0 Å². The Balaban J connectivity index is 2.01. The first-order chi connectivity index (χ1) is 8.81. The monoisotopic (exact) mass is 304 g/mol. The maximum atomic E-state index is 4.04. The predicted octanol–water partition coefficient (Wildman–Crippen LogP) is 3.66. The number of rotatable bonds is 5. The smallest absolute Gasteiger partial charge is 0.0404 e. The summed E-state index contributed by atoms with van der Waals surface area (Å²) < 4.78 is 0. The van der Waals surface area contributed by atoms with Crippen molar-refractivity contribution in [3.05, 3.63) is 59.9 Å². The molecule has 0 bridgehead atoms. The van der Waals surface area contributed by atoms with Gasteiger partial charge in [0.25, 0.3) is 0 Å². The van der Waals surface area contributed by atoms with Gasteiger partial charge in [0.05, 0.1) is 0 Å². The van der Waals surface area contributed by atoms with Crippen LogP contribution in [0.5, 0.6) is 0 Å². The van der Waals surface area contributed by atoms with E-state index < -0.39 is 0 Å². The summed E-state index contributed by atoms with van der Waals surface area (Å²) in [6.45, 7) is 1.01. The summed E-state index contributed by atoms with van der Waals surface area (Å²) in [5.41, 5.74) is 3.95. The lowest BCUT2D eigenvalue weighted by Crippen LogP contribution is -2.21. The summed E-state index contributed by atoms with van der Waals surface area (Å²) in [6.07, 6.45) is 4.74.